The molecular formula is C21H27N3O4S. The monoisotopic (exact) mass is 417 g/mol. The topological polar surface area (TPSA) is 97.4 Å². The van der Waals surface area contributed by atoms with E-state index in [4.69, 9.17) is 4.74 Å². The zero-order valence-corrected chi connectivity index (χ0v) is 17.5. The maximum absolute atomic E-state index is 13.0. The zero-order valence-electron chi connectivity index (χ0n) is 16.7. The molecule has 29 heavy (non-hydrogen) atoms. The molecule has 2 aromatic rings. The van der Waals surface area contributed by atoms with Crippen LogP contribution in [0.15, 0.2) is 24.3 Å². The minimum absolute atomic E-state index is 0.374. The lowest BCUT2D eigenvalue weighted by Crippen LogP contribution is -2.43. The fraction of sp³-hybridized carbons (Fsp3) is 0.524. The van der Waals surface area contributed by atoms with Gasteiger partial charge in [0, 0.05) is 13.0 Å². The van der Waals surface area contributed by atoms with Crippen molar-refractivity contribution in [2.75, 3.05) is 13.2 Å². The highest BCUT2D eigenvalue weighted by Crippen LogP contribution is 2.41. The number of benzene rings is 1. The maximum atomic E-state index is 13.0. The molecule has 1 aliphatic carbocycles. The van der Waals surface area contributed by atoms with Gasteiger partial charge in [-0.25, -0.2) is 9.78 Å². The van der Waals surface area contributed by atoms with Gasteiger partial charge in [-0.2, -0.15) is 0 Å². The Bertz CT molecular complexity index is 841. The van der Waals surface area contributed by atoms with Crippen molar-refractivity contribution in [1.29, 1.82) is 0 Å². The second-order valence-corrected chi connectivity index (χ2v) is 8.59. The first-order valence-electron chi connectivity index (χ1n) is 10.1. The number of carbonyl (C=O) groups excluding carboxylic acids is 3. The van der Waals surface area contributed by atoms with Crippen LogP contribution < -0.4 is 10.6 Å². The highest BCUT2D eigenvalue weighted by molar-refractivity contribution is 7.18. The molecule has 3 rings (SSSR count). The summed E-state index contributed by atoms with van der Waals surface area (Å²) in [6, 6.07) is 7.34. The molecule has 1 heterocycles. The fourth-order valence-electron chi connectivity index (χ4n) is 3.70. The lowest BCUT2D eigenvalue weighted by molar-refractivity contribution is -0.161. The van der Waals surface area contributed by atoms with Crippen molar-refractivity contribution in [3.63, 3.8) is 0 Å². The third-order valence-electron chi connectivity index (χ3n) is 5.19. The highest BCUT2D eigenvalue weighted by Gasteiger charge is 2.42. The molecule has 1 aromatic heterocycles. The molecule has 0 bridgehead atoms. The molecule has 1 fully saturated rings. The van der Waals surface area contributed by atoms with Crippen LogP contribution in [-0.4, -0.2) is 36.0 Å². The lowest BCUT2D eigenvalue weighted by Gasteiger charge is -2.34. The summed E-state index contributed by atoms with van der Waals surface area (Å²) >= 11 is 1.60. The van der Waals surface area contributed by atoms with Crippen molar-refractivity contribution in [1.82, 2.24) is 15.6 Å². The summed E-state index contributed by atoms with van der Waals surface area (Å²) in [6.45, 7) is 1.93. The predicted octanol–water partition coefficient (Wildman–Crippen LogP) is 3.57. The van der Waals surface area contributed by atoms with E-state index in [1.54, 1.807) is 11.3 Å². The first kappa shape index (κ1) is 21.2. The number of nitrogens with one attached hydrogen (secondary N) is 2. The van der Waals surface area contributed by atoms with E-state index in [0.29, 0.717) is 13.0 Å². The van der Waals surface area contributed by atoms with Crippen molar-refractivity contribution >= 4 is 39.5 Å². The molecule has 0 radical (unpaired) electrons. The summed E-state index contributed by atoms with van der Waals surface area (Å²) in [6.07, 6.45) is 5.72. The Labute approximate surface area is 174 Å². The van der Waals surface area contributed by atoms with E-state index in [2.05, 4.69) is 15.6 Å². The fourth-order valence-corrected chi connectivity index (χ4v) is 4.81. The van der Waals surface area contributed by atoms with E-state index in [9.17, 15) is 14.4 Å². The van der Waals surface area contributed by atoms with Crippen LogP contribution in [-0.2, 0) is 20.7 Å². The van der Waals surface area contributed by atoms with Crippen LogP contribution in [0.5, 0.6) is 0 Å². The quantitative estimate of drug-likeness (QED) is 0.671. The molecule has 0 unspecified atom stereocenters. The number of hydrogen-bond donors (Lipinski definition) is 2. The van der Waals surface area contributed by atoms with Gasteiger partial charge in [-0.15, -0.1) is 11.3 Å². The van der Waals surface area contributed by atoms with Gasteiger partial charge in [0.2, 0.25) is 0 Å². The molecule has 156 valence electrons. The number of carbonyl (C=O) groups is 3. The summed E-state index contributed by atoms with van der Waals surface area (Å²) in [4.78, 5) is 41.1. The number of para-hydroxylation sites is 1. The Hall–Kier alpha value is -2.48. The van der Waals surface area contributed by atoms with Crippen molar-refractivity contribution in [3.05, 3.63) is 29.3 Å². The third-order valence-corrected chi connectivity index (χ3v) is 6.23. The maximum Gasteiger partial charge on any atom is 0.321 e. The largest absolute Gasteiger partial charge is 0.455 e. The first-order chi connectivity index (χ1) is 14.0. The van der Waals surface area contributed by atoms with Gasteiger partial charge < -0.3 is 10.1 Å². The Morgan fingerprint density at radius 2 is 1.93 bits per heavy atom. The summed E-state index contributed by atoms with van der Waals surface area (Å²) in [5, 5.41) is 5.64. The van der Waals surface area contributed by atoms with Crippen LogP contribution in [0.4, 0.5) is 4.79 Å². The number of ether oxygens (including phenoxy) is 1. The number of urea groups is 1. The van der Waals surface area contributed by atoms with Gasteiger partial charge in [-0.05, 0) is 31.4 Å². The minimum Gasteiger partial charge on any atom is -0.455 e. The molecule has 0 aliphatic heterocycles. The SMILES string of the molecule is CCCNC(=O)NC(=O)COC(=O)C1(Cc2nc3ccccc3s2)CCCCC1. The van der Waals surface area contributed by atoms with Gasteiger partial charge in [0.25, 0.3) is 5.91 Å². The number of thiazole rings is 1. The predicted molar refractivity (Wildman–Crippen MR) is 112 cm³/mol. The van der Waals surface area contributed by atoms with Crippen LogP contribution in [0.25, 0.3) is 10.2 Å². The Morgan fingerprint density at radius 3 is 2.66 bits per heavy atom. The number of amides is 3. The van der Waals surface area contributed by atoms with E-state index < -0.39 is 24.0 Å². The number of hydrogen-bond acceptors (Lipinski definition) is 6. The highest BCUT2D eigenvalue weighted by atomic mass is 32.1. The van der Waals surface area contributed by atoms with Crippen LogP contribution >= 0.6 is 11.3 Å². The summed E-state index contributed by atoms with van der Waals surface area (Å²) < 4.78 is 6.44. The number of esters is 1. The molecule has 0 saturated heterocycles. The van der Waals surface area contributed by atoms with E-state index >= 15 is 0 Å². The van der Waals surface area contributed by atoms with E-state index in [-0.39, 0.29) is 5.97 Å². The van der Waals surface area contributed by atoms with Gasteiger partial charge in [0.05, 0.1) is 20.6 Å². The molecule has 3 amide bonds. The summed E-state index contributed by atoms with van der Waals surface area (Å²) in [5.74, 6) is -1.00. The second kappa shape index (κ2) is 9.82. The van der Waals surface area contributed by atoms with Crippen molar-refractivity contribution in [3.8, 4) is 0 Å². The number of nitrogens with zero attached hydrogens (tertiary/aromatic N) is 1. The standard InChI is InChI=1S/C21H27N3O4S/c1-2-12-22-20(27)24-17(25)14-28-19(26)21(10-6-3-7-11-21)13-18-23-15-8-4-5-9-16(15)29-18/h4-5,8-9H,2-3,6-7,10-14H2,1H3,(H2,22,24,25,27). The Balaban J connectivity index is 1.63. The zero-order chi connectivity index (χ0) is 20.7. The second-order valence-electron chi connectivity index (χ2n) is 7.47. The van der Waals surface area contributed by atoms with Crippen LogP contribution in [0.3, 0.4) is 0 Å². The number of fused-ring (bicyclic) bond motifs is 1. The normalized spacial score (nSPS) is 15.6. The Morgan fingerprint density at radius 1 is 1.17 bits per heavy atom. The number of aromatic nitrogens is 1. The molecule has 8 heteroatoms. The molecule has 2 N–H and O–H groups in total. The van der Waals surface area contributed by atoms with Gasteiger partial charge in [-0.1, -0.05) is 38.3 Å². The van der Waals surface area contributed by atoms with Crippen LogP contribution in [0.2, 0.25) is 0 Å². The Kier molecular flexibility index (Phi) is 7.19. The molecule has 0 spiro atoms. The minimum atomic E-state index is -0.656. The summed E-state index contributed by atoms with van der Waals surface area (Å²) in [7, 11) is 0. The van der Waals surface area contributed by atoms with Crippen LogP contribution in [0.1, 0.15) is 50.5 Å². The molecule has 0 atom stereocenters. The van der Waals surface area contributed by atoms with Crippen molar-refractivity contribution < 1.29 is 19.1 Å². The van der Waals surface area contributed by atoms with Gasteiger partial charge in [0.15, 0.2) is 6.61 Å². The van der Waals surface area contributed by atoms with Gasteiger partial charge >= 0.3 is 12.0 Å². The van der Waals surface area contributed by atoms with Crippen molar-refractivity contribution in [2.45, 2.75) is 51.9 Å². The number of imide groups is 1. The molecular weight excluding hydrogens is 390 g/mol. The van der Waals surface area contributed by atoms with E-state index in [1.165, 1.54) is 0 Å². The molecule has 1 aromatic carbocycles. The molecule has 1 saturated carbocycles. The third kappa shape index (κ3) is 5.53. The average molecular weight is 418 g/mol. The first-order valence-corrected chi connectivity index (χ1v) is 10.9. The smallest absolute Gasteiger partial charge is 0.321 e. The van der Waals surface area contributed by atoms with Gasteiger partial charge in [-0.3, -0.25) is 14.9 Å². The van der Waals surface area contributed by atoms with Crippen molar-refractivity contribution in [2.24, 2.45) is 5.41 Å². The van der Waals surface area contributed by atoms with Crippen LogP contribution in [0, 0.1) is 5.41 Å². The summed E-state index contributed by atoms with van der Waals surface area (Å²) in [5.41, 5.74) is 0.279. The van der Waals surface area contributed by atoms with E-state index in [0.717, 1.165) is 53.7 Å². The lowest BCUT2D eigenvalue weighted by atomic mass is 9.72. The average Bonchev–Trinajstić information content (AvgIpc) is 3.13. The molecule has 7 nitrogen and oxygen atoms in total. The number of rotatable bonds is 7. The van der Waals surface area contributed by atoms with E-state index in [1.807, 2.05) is 31.2 Å². The molecule has 1 aliphatic rings. The van der Waals surface area contributed by atoms with Gasteiger partial charge in [0.1, 0.15) is 0 Å².